The molecule has 3 heteroatoms. The molecule has 0 N–H and O–H groups in total. The first-order chi connectivity index (χ1) is 9.27. The third-order valence-corrected chi connectivity index (χ3v) is 3.01. The van der Waals surface area contributed by atoms with Gasteiger partial charge in [-0.15, -0.1) is 0 Å². The minimum Gasteiger partial charge on any atom is -0.287 e. The summed E-state index contributed by atoms with van der Waals surface area (Å²) >= 11 is 0. The van der Waals surface area contributed by atoms with Crippen molar-refractivity contribution < 1.29 is 9.18 Å². The van der Waals surface area contributed by atoms with Crippen molar-refractivity contribution in [3.63, 3.8) is 0 Å². The van der Waals surface area contributed by atoms with Crippen LogP contribution in [0.4, 0.5) is 4.39 Å². The molecular weight excluding hydrogens is 241 g/mol. The summed E-state index contributed by atoms with van der Waals surface area (Å²) in [5.74, 6) is -0.990. The van der Waals surface area contributed by atoms with Crippen LogP contribution in [0.2, 0.25) is 0 Å². The van der Waals surface area contributed by atoms with Crippen LogP contribution in [0.15, 0.2) is 60.8 Å². The Morgan fingerprint density at radius 2 is 1.74 bits per heavy atom. The molecule has 92 valence electrons. The number of halogens is 1. The van der Waals surface area contributed by atoms with Gasteiger partial charge in [0.2, 0.25) is 5.78 Å². The average molecular weight is 251 g/mol. The van der Waals surface area contributed by atoms with Crippen molar-refractivity contribution in [3.05, 3.63) is 77.9 Å². The van der Waals surface area contributed by atoms with E-state index in [1.807, 2.05) is 30.3 Å². The van der Waals surface area contributed by atoms with Crippen LogP contribution >= 0.6 is 0 Å². The highest BCUT2D eigenvalue weighted by molar-refractivity contribution is 6.15. The molecule has 2 nitrogen and oxygen atoms in total. The number of aromatic nitrogens is 1. The van der Waals surface area contributed by atoms with Crippen molar-refractivity contribution >= 4 is 16.6 Å². The molecule has 0 fully saturated rings. The minimum absolute atomic E-state index is 0.140. The van der Waals surface area contributed by atoms with E-state index in [1.54, 1.807) is 12.1 Å². The maximum atomic E-state index is 13.6. The fourth-order valence-corrected chi connectivity index (χ4v) is 2.10. The van der Waals surface area contributed by atoms with Crippen LogP contribution in [0.5, 0.6) is 0 Å². The lowest BCUT2D eigenvalue weighted by Crippen LogP contribution is -2.07. The van der Waals surface area contributed by atoms with Gasteiger partial charge in [0.1, 0.15) is 5.69 Å². The summed E-state index contributed by atoms with van der Waals surface area (Å²) in [6.07, 6.45) is 1.42. The van der Waals surface area contributed by atoms with Gasteiger partial charge in [0, 0.05) is 11.8 Å². The number of fused-ring (bicyclic) bond motifs is 1. The van der Waals surface area contributed by atoms with E-state index in [0.717, 1.165) is 10.8 Å². The Morgan fingerprint density at radius 3 is 2.58 bits per heavy atom. The summed E-state index contributed by atoms with van der Waals surface area (Å²) in [5, 5.41) is 1.75. The number of carbonyl (C=O) groups is 1. The van der Waals surface area contributed by atoms with Gasteiger partial charge < -0.3 is 0 Å². The monoisotopic (exact) mass is 251 g/mol. The van der Waals surface area contributed by atoms with Crippen molar-refractivity contribution in [2.75, 3.05) is 0 Å². The number of benzene rings is 2. The van der Waals surface area contributed by atoms with Gasteiger partial charge in [-0.25, -0.2) is 9.37 Å². The molecule has 3 aromatic rings. The molecule has 2 aromatic carbocycles. The van der Waals surface area contributed by atoms with Gasteiger partial charge in [0.15, 0.2) is 5.82 Å². The highest BCUT2D eigenvalue weighted by atomic mass is 19.1. The van der Waals surface area contributed by atoms with Gasteiger partial charge in [-0.05, 0) is 22.9 Å². The molecule has 1 heterocycles. The Balaban J connectivity index is 2.20. The van der Waals surface area contributed by atoms with Crippen molar-refractivity contribution in [1.29, 1.82) is 0 Å². The summed E-state index contributed by atoms with van der Waals surface area (Å²) in [7, 11) is 0. The molecule has 19 heavy (non-hydrogen) atoms. The van der Waals surface area contributed by atoms with Crippen LogP contribution in [-0.4, -0.2) is 10.8 Å². The topological polar surface area (TPSA) is 30.0 Å². The normalized spacial score (nSPS) is 10.6. The molecule has 0 aliphatic rings. The van der Waals surface area contributed by atoms with E-state index in [4.69, 9.17) is 0 Å². The average Bonchev–Trinajstić information content (AvgIpc) is 2.46. The molecule has 0 spiro atoms. The number of nitrogens with zero attached hydrogens (tertiary/aromatic N) is 1. The van der Waals surface area contributed by atoms with E-state index in [-0.39, 0.29) is 5.69 Å². The first-order valence-electron chi connectivity index (χ1n) is 5.90. The second-order valence-corrected chi connectivity index (χ2v) is 4.19. The van der Waals surface area contributed by atoms with Gasteiger partial charge >= 0.3 is 0 Å². The highest BCUT2D eigenvalue weighted by Crippen LogP contribution is 2.21. The Hall–Kier alpha value is -2.55. The molecule has 0 radical (unpaired) electrons. The number of rotatable bonds is 2. The zero-order valence-corrected chi connectivity index (χ0v) is 10.0. The van der Waals surface area contributed by atoms with E-state index in [9.17, 15) is 9.18 Å². The first kappa shape index (κ1) is 11.5. The van der Waals surface area contributed by atoms with Crippen LogP contribution in [-0.2, 0) is 0 Å². The predicted octanol–water partition coefficient (Wildman–Crippen LogP) is 3.60. The Labute approximate surface area is 109 Å². The number of hydrogen-bond donors (Lipinski definition) is 0. The zero-order chi connectivity index (χ0) is 13.2. The lowest BCUT2D eigenvalue weighted by molar-refractivity contribution is 0.103. The number of hydrogen-bond acceptors (Lipinski definition) is 2. The smallest absolute Gasteiger partial charge is 0.214 e. The van der Waals surface area contributed by atoms with Crippen LogP contribution < -0.4 is 0 Å². The van der Waals surface area contributed by atoms with Crippen LogP contribution in [0.3, 0.4) is 0 Å². The summed E-state index contributed by atoms with van der Waals surface area (Å²) < 4.78 is 13.6. The Bertz CT molecular complexity index is 762. The molecule has 0 unspecified atom stereocenters. The first-order valence-corrected chi connectivity index (χ1v) is 5.90. The molecule has 3 rings (SSSR count). The van der Waals surface area contributed by atoms with Crippen LogP contribution in [0.25, 0.3) is 10.8 Å². The quantitative estimate of drug-likeness (QED) is 0.651. The number of ketones is 1. The summed E-state index contributed by atoms with van der Waals surface area (Å²) in [6.45, 7) is 0. The number of carbonyl (C=O) groups excluding carboxylic acids is 1. The fraction of sp³-hybridized carbons (Fsp3) is 0. The molecule has 0 aliphatic carbocycles. The van der Waals surface area contributed by atoms with Gasteiger partial charge in [-0.3, -0.25) is 4.79 Å². The summed E-state index contributed by atoms with van der Waals surface area (Å²) in [5.41, 5.74) is 0.328. The maximum Gasteiger partial charge on any atom is 0.214 e. The predicted molar refractivity (Wildman–Crippen MR) is 71.6 cm³/mol. The Kier molecular flexibility index (Phi) is 2.80. The van der Waals surface area contributed by atoms with Gasteiger partial charge in [0.05, 0.1) is 0 Å². The molecule has 0 amide bonds. The van der Waals surface area contributed by atoms with Crippen molar-refractivity contribution in [2.45, 2.75) is 0 Å². The van der Waals surface area contributed by atoms with Crippen LogP contribution in [0, 0.1) is 5.82 Å². The lowest BCUT2D eigenvalue weighted by atomic mass is 9.99. The molecule has 0 bridgehead atoms. The fourth-order valence-electron chi connectivity index (χ4n) is 2.10. The van der Waals surface area contributed by atoms with Crippen LogP contribution in [0.1, 0.15) is 16.1 Å². The lowest BCUT2D eigenvalue weighted by Gasteiger charge is -2.05. The molecular formula is C16H10FNO. The van der Waals surface area contributed by atoms with Crippen molar-refractivity contribution in [2.24, 2.45) is 0 Å². The van der Waals surface area contributed by atoms with Gasteiger partial charge in [0.25, 0.3) is 0 Å². The van der Waals surface area contributed by atoms with E-state index < -0.39 is 11.6 Å². The minimum atomic E-state index is -0.597. The highest BCUT2D eigenvalue weighted by Gasteiger charge is 2.17. The van der Waals surface area contributed by atoms with Crippen molar-refractivity contribution in [3.8, 4) is 0 Å². The molecule has 0 atom stereocenters. The van der Waals surface area contributed by atoms with E-state index in [2.05, 4.69) is 4.98 Å². The second kappa shape index (κ2) is 4.61. The second-order valence-electron chi connectivity index (χ2n) is 4.19. The van der Waals surface area contributed by atoms with Gasteiger partial charge in [-0.2, -0.15) is 0 Å². The molecule has 0 aliphatic heterocycles. The number of pyridine rings is 1. The largest absolute Gasteiger partial charge is 0.287 e. The summed E-state index contributed by atoms with van der Waals surface area (Å²) in [4.78, 5) is 16.2. The zero-order valence-electron chi connectivity index (χ0n) is 10.0. The third kappa shape index (κ3) is 1.99. The van der Waals surface area contributed by atoms with Crippen molar-refractivity contribution in [1.82, 2.24) is 4.98 Å². The van der Waals surface area contributed by atoms with E-state index >= 15 is 0 Å². The molecule has 1 aromatic heterocycles. The summed E-state index contributed by atoms with van der Waals surface area (Å²) in [6, 6.07) is 15.6. The maximum absolute atomic E-state index is 13.6. The van der Waals surface area contributed by atoms with E-state index in [1.165, 1.54) is 18.3 Å². The SMILES string of the molecule is O=C(c1ncccc1F)c1cccc2ccccc12. The molecule has 0 saturated heterocycles. The Morgan fingerprint density at radius 1 is 0.947 bits per heavy atom. The third-order valence-electron chi connectivity index (χ3n) is 3.01. The van der Waals surface area contributed by atoms with Gasteiger partial charge in [-0.1, -0.05) is 42.5 Å². The van der Waals surface area contributed by atoms with E-state index in [0.29, 0.717) is 5.56 Å². The molecule has 0 saturated carbocycles. The standard InChI is InChI=1S/C16H10FNO/c17-14-9-4-10-18-15(14)16(19)13-8-3-6-11-5-1-2-7-12(11)13/h1-10H.